The van der Waals surface area contributed by atoms with Crippen LogP contribution in [0.1, 0.15) is 45.5 Å². The van der Waals surface area contributed by atoms with Gasteiger partial charge in [-0.15, -0.1) is 0 Å². The van der Waals surface area contributed by atoms with Crippen molar-refractivity contribution in [2.24, 2.45) is 12.8 Å². The van der Waals surface area contributed by atoms with E-state index < -0.39 is 11.6 Å². The van der Waals surface area contributed by atoms with Gasteiger partial charge in [0.25, 0.3) is 11.8 Å². The third kappa shape index (κ3) is 3.95. The fourth-order valence-corrected chi connectivity index (χ4v) is 6.35. The first-order chi connectivity index (χ1) is 19.2. The molecule has 2 saturated heterocycles. The van der Waals surface area contributed by atoms with E-state index >= 15 is 4.39 Å². The number of hydrogen-bond acceptors (Lipinski definition) is 4. The average molecular weight is 540 g/mol. The Hall–Kier alpha value is -4.55. The SMILES string of the molecule is CNC(=O)c1cn(C)c2cc(F)c(-c3ccc(C(=O)N4[C@@H]5CC[C@H]4[C@@H](N)C5)cc3-c3ccc(C#N)c(F)c3)cc12. The van der Waals surface area contributed by atoms with Gasteiger partial charge in [0.1, 0.15) is 17.7 Å². The Kier molecular flexibility index (Phi) is 6.15. The normalized spacial score (nSPS) is 19.7. The van der Waals surface area contributed by atoms with Gasteiger partial charge >= 0.3 is 0 Å². The van der Waals surface area contributed by atoms with Crippen molar-refractivity contribution in [3.8, 4) is 28.3 Å². The molecule has 2 fully saturated rings. The van der Waals surface area contributed by atoms with Crippen LogP contribution < -0.4 is 11.1 Å². The van der Waals surface area contributed by atoms with Crippen molar-refractivity contribution >= 4 is 22.7 Å². The first-order valence-corrected chi connectivity index (χ1v) is 13.1. The summed E-state index contributed by atoms with van der Waals surface area (Å²) in [7, 11) is 3.26. The second-order valence-electron chi connectivity index (χ2n) is 10.6. The Morgan fingerprint density at radius 2 is 1.82 bits per heavy atom. The molecule has 9 heteroatoms. The number of fused-ring (bicyclic) bond motifs is 3. The summed E-state index contributed by atoms with van der Waals surface area (Å²) in [5.74, 6) is -1.72. The van der Waals surface area contributed by atoms with Crippen molar-refractivity contribution in [2.45, 2.75) is 37.4 Å². The second-order valence-corrected chi connectivity index (χ2v) is 10.6. The van der Waals surface area contributed by atoms with Gasteiger partial charge in [-0.2, -0.15) is 5.26 Å². The number of nitrogens with one attached hydrogen (secondary N) is 1. The quantitative estimate of drug-likeness (QED) is 0.391. The van der Waals surface area contributed by atoms with Gasteiger partial charge in [-0.05, 0) is 72.4 Å². The molecule has 0 spiro atoms. The van der Waals surface area contributed by atoms with Gasteiger partial charge in [-0.1, -0.05) is 12.1 Å². The highest BCUT2D eigenvalue weighted by atomic mass is 19.1. The van der Waals surface area contributed by atoms with E-state index in [0.29, 0.717) is 38.7 Å². The number of hydrogen-bond donors (Lipinski definition) is 2. The van der Waals surface area contributed by atoms with E-state index in [-0.39, 0.29) is 41.1 Å². The largest absolute Gasteiger partial charge is 0.355 e. The summed E-state index contributed by atoms with van der Waals surface area (Å²) in [6, 6.07) is 13.9. The number of rotatable bonds is 4. The lowest BCUT2D eigenvalue weighted by atomic mass is 9.91. The van der Waals surface area contributed by atoms with E-state index in [1.807, 2.05) is 11.0 Å². The standard InChI is InChI=1S/C31H27F2N5O2/c1-36-30(39)24-15-37(2)29-13-26(33)22(12-23(24)29)20-7-5-17(31(40)38-19-6-8-28(38)27(35)11-19)9-21(20)16-3-4-18(14-34)25(32)10-16/h3-5,7,9-10,12-13,15,19,27-28H,6,8,11,35H2,1-2H3,(H,36,39)/t19-,27+,28+/m1/s1. The lowest BCUT2D eigenvalue weighted by Gasteiger charge is -2.24. The lowest BCUT2D eigenvalue weighted by molar-refractivity contribution is 0.0726. The van der Waals surface area contributed by atoms with Gasteiger partial charge in [-0.3, -0.25) is 9.59 Å². The molecule has 3 heterocycles. The first kappa shape index (κ1) is 25.7. The van der Waals surface area contributed by atoms with E-state index in [0.717, 1.165) is 19.3 Å². The van der Waals surface area contributed by atoms with E-state index in [4.69, 9.17) is 5.73 Å². The summed E-state index contributed by atoms with van der Waals surface area (Å²) >= 11 is 0. The van der Waals surface area contributed by atoms with Gasteiger partial charge in [0.15, 0.2) is 0 Å². The molecule has 2 bridgehead atoms. The molecule has 0 radical (unpaired) electrons. The smallest absolute Gasteiger partial charge is 0.254 e. The van der Waals surface area contributed by atoms with Gasteiger partial charge < -0.3 is 20.5 Å². The lowest BCUT2D eigenvalue weighted by Crippen LogP contribution is -2.40. The van der Waals surface area contributed by atoms with Crippen molar-refractivity contribution in [3.63, 3.8) is 0 Å². The van der Waals surface area contributed by atoms with Crippen LogP contribution in [0, 0.1) is 23.0 Å². The molecule has 3 aromatic carbocycles. The maximum absolute atomic E-state index is 15.7. The summed E-state index contributed by atoms with van der Waals surface area (Å²) in [4.78, 5) is 28.1. The van der Waals surface area contributed by atoms with Crippen LogP contribution in [0.3, 0.4) is 0 Å². The van der Waals surface area contributed by atoms with Crippen molar-refractivity contribution in [1.29, 1.82) is 5.26 Å². The van der Waals surface area contributed by atoms with E-state index in [1.54, 1.807) is 48.1 Å². The molecular weight excluding hydrogens is 512 g/mol. The van der Waals surface area contributed by atoms with Gasteiger partial charge in [0.2, 0.25) is 0 Å². The summed E-state index contributed by atoms with van der Waals surface area (Å²) in [6.45, 7) is 0. The Labute approximate surface area is 229 Å². The number of aromatic nitrogens is 1. The minimum absolute atomic E-state index is 0.0194. The Morgan fingerprint density at radius 1 is 1.02 bits per heavy atom. The minimum atomic E-state index is -0.716. The highest BCUT2D eigenvalue weighted by Gasteiger charge is 2.47. The molecule has 0 unspecified atom stereocenters. The van der Waals surface area contributed by atoms with E-state index in [1.165, 1.54) is 25.2 Å². The number of nitriles is 1. The Morgan fingerprint density at radius 3 is 2.48 bits per heavy atom. The summed E-state index contributed by atoms with van der Waals surface area (Å²) in [6.07, 6.45) is 4.17. The average Bonchev–Trinajstić information content (AvgIpc) is 3.61. The highest BCUT2D eigenvalue weighted by molar-refractivity contribution is 6.08. The molecule has 7 nitrogen and oxygen atoms in total. The second kappa shape index (κ2) is 9.57. The molecule has 3 N–H and O–H groups in total. The monoisotopic (exact) mass is 539 g/mol. The van der Waals surface area contributed by atoms with Crippen molar-refractivity contribution in [1.82, 2.24) is 14.8 Å². The van der Waals surface area contributed by atoms with Crippen LogP contribution in [0.15, 0.2) is 54.7 Å². The van der Waals surface area contributed by atoms with E-state index in [9.17, 15) is 19.2 Å². The molecule has 202 valence electrons. The molecule has 0 saturated carbocycles. The molecule has 3 atom stereocenters. The van der Waals surface area contributed by atoms with Crippen molar-refractivity contribution < 1.29 is 18.4 Å². The van der Waals surface area contributed by atoms with Crippen LogP contribution in [0.4, 0.5) is 8.78 Å². The summed E-state index contributed by atoms with van der Waals surface area (Å²) < 4.78 is 32.2. The van der Waals surface area contributed by atoms with Crippen molar-refractivity contribution in [2.75, 3.05) is 7.05 Å². The number of amides is 2. The number of halogens is 2. The molecule has 0 aliphatic carbocycles. The van der Waals surface area contributed by atoms with Gasteiger partial charge in [-0.25, -0.2) is 8.78 Å². The predicted octanol–water partition coefficient (Wildman–Crippen LogP) is 4.73. The number of nitrogens with zero attached hydrogens (tertiary/aromatic N) is 3. The van der Waals surface area contributed by atoms with Crippen LogP contribution in [0.25, 0.3) is 33.2 Å². The van der Waals surface area contributed by atoms with Crippen molar-refractivity contribution in [3.05, 3.63) is 83.1 Å². The van der Waals surface area contributed by atoms with Gasteiger partial charge in [0, 0.05) is 54.9 Å². The van der Waals surface area contributed by atoms with Crippen LogP contribution in [0.2, 0.25) is 0 Å². The molecule has 2 aliphatic heterocycles. The van der Waals surface area contributed by atoms with Crippen LogP contribution in [0.5, 0.6) is 0 Å². The summed E-state index contributed by atoms with van der Waals surface area (Å²) in [5, 5.41) is 12.4. The third-order valence-electron chi connectivity index (χ3n) is 8.33. The molecule has 2 amide bonds. The highest BCUT2D eigenvalue weighted by Crippen LogP contribution is 2.41. The topological polar surface area (TPSA) is 104 Å². The predicted molar refractivity (Wildman–Crippen MR) is 147 cm³/mol. The first-order valence-electron chi connectivity index (χ1n) is 13.1. The zero-order valence-electron chi connectivity index (χ0n) is 22.0. The van der Waals surface area contributed by atoms with E-state index in [2.05, 4.69) is 5.32 Å². The minimum Gasteiger partial charge on any atom is -0.355 e. The number of aryl methyl sites for hydroxylation is 1. The molecule has 4 aromatic rings. The zero-order chi connectivity index (χ0) is 28.3. The maximum Gasteiger partial charge on any atom is 0.254 e. The molecular formula is C31H27F2N5O2. The zero-order valence-corrected chi connectivity index (χ0v) is 22.0. The number of benzene rings is 3. The number of carbonyl (C=O) groups excluding carboxylic acids is 2. The number of nitrogens with two attached hydrogens (primary N) is 1. The third-order valence-corrected chi connectivity index (χ3v) is 8.33. The molecule has 1 aromatic heterocycles. The summed E-state index contributed by atoms with van der Waals surface area (Å²) in [5.41, 5.74) is 8.91. The van der Waals surface area contributed by atoms with Gasteiger partial charge in [0.05, 0.1) is 16.6 Å². The number of carbonyl (C=O) groups is 2. The molecule has 40 heavy (non-hydrogen) atoms. The van der Waals surface area contributed by atoms with Crippen LogP contribution in [-0.4, -0.2) is 46.5 Å². The Balaban J connectivity index is 1.54. The fraction of sp³-hybridized carbons (Fsp3) is 0.258. The molecule has 6 rings (SSSR count). The maximum atomic E-state index is 15.7. The Bertz CT molecular complexity index is 1750. The molecule has 2 aliphatic rings. The fourth-order valence-electron chi connectivity index (χ4n) is 6.35. The van der Waals surface area contributed by atoms with Crippen LogP contribution >= 0.6 is 0 Å². The van der Waals surface area contributed by atoms with Crippen LogP contribution in [-0.2, 0) is 7.05 Å².